The molecule has 1 rings (SSSR count). The highest BCUT2D eigenvalue weighted by atomic mass is 16.3. The Morgan fingerprint density at radius 1 is 1.31 bits per heavy atom. The number of furan rings is 1. The average Bonchev–Trinajstić information content (AvgIpc) is 2.53. The maximum absolute atomic E-state index is 5.75. The van der Waals surface area contributed by atoms with Crippen LogP contribution in [-0.4, -0.2) is 0 Å². The standard InChI is InChI=1S/C15H24O/c1-5-6-7-8-9-15-14(10-12(2)3)11-13(4)16-15/h11H,2,5-10H2,1,3-4H3. The molecule has 0 aliphatic carbocycles. The minimum Gasteiger partial charge on any atom is -0.466 e. The van der Waals surface area contributed by atoms with Crippen molar-refractivity contribution in [1.29, 1.82) is 0 Å². The van der Waals surface area contributed by atoms with Crippen molar-refractivity contribution >= 4 is 0 Å². The van der Waals surface area contributed by atoms with Crippen LogP contribution in [0, 0.1) is 6.92 Å². The maximum Gasteiger partial charge on any atom is 0.107 e. The predicted molar refractivity (Wildman–Crippen MR) is 69.8 cm³/mol. The zero-order chi connectivity index (χ0) is 12.0. The third-order valence-corrected chi connectivity index (χ3v) is 2.77. The molecule has 1 aromatic heterocycles. The summed E-state index contributed by atoms with van der Waals surface area (Å²) in [7, 11) is 0. The molecule has 1 heteroatoms. The molecule has 0 fully saturated rings. The Balaban J connectivity index is 2.53. The molecule has 0 spiro atoms. The van der Waals surface area contributed by atoms with Crippen molar-refractivity contribution in [2.45, 2.75) is 59.3 Å². The molecule has 90 valence electrons. The Hall–Kier alpha value is -0.980. The topological polar surface area (TPSA) is 13.1 Å². The third-order valence-electron chi connectivity index (χ3n) is 2.77. The first-order valence-electron chi connectivity index (χ1n) is 6.36. The zero-order valence-corrected chi connectivity index (χ0v) is 10.9. The number of allylic oxidation sites excluding steroid dienone is 1. The molecule has 0 unspecified atom stereocenters. The monoisotopic (exact) mass is 220 g/mol. The Morgan fingerprint density at radius 3 is 2.69 bits per heavy atom. The summed E-state index contributed by atoms with van der Waals surface area (Å²) in [6.07, 6.45) is 7.20. The van der Waals surface area contributed by atoms with Gasteiger partial charge >= 0.3 is 0 Å². The van der Waals surface area contributed by atoms with Gasteiger partial charge in [-0.15, -0.1) is 0 Å². The summed E-state index contributed by atoms with van der Waals surface area (Å²) < 4.78 is 5.75. The summed E-state index contributed by atoms with van der Waals surface area (Å²) in [6.45, 7) is 10.3. The molecule has 0 radical (unpaired) electrons. The SMILES string of the molecule is C=C(C)Cc1cc(C)oc1CCCCCC. The molecule has 0 amide bonds. The molecule has 1 aromatic rings. The lowest BCUT2D eigenvalue weighted by Gasteiger charge is -2.02. The third kappa shape index (κ3) is 4.26. The van der Waals surface area contributed by atoms with E-state index in [2.05, 4.69) is 26.5 Å². The van der Waals surface area contributed by atoms with E-state index in [1.807, 2.05) is 6.92 Å². The molecule has 0 atom stereocenters. The van der Waals surface area contributed by atoms with E-state index in [1.165, 1.54) is 42.6 Å². The van der Waals surface area contributed by atoms with Gasteiger partial charge in [0, 0.05) is 6.42 Å². The Morgan fingerprint density at radius 2 is 2.06 bits per heavy atom. The first-order valence-corrected chi connectivity index (χ1v) is 6.36. The maximum atomic E-state index is 5.75. The van der Waals surface area contributed by atoms with Gasteiger partial charge in [0.05, 0.1) is 0 Å². The lowest BCUT2D eigenvalue weighted by molar-refractivity contribution is 0.468. The van der Waals surface area contributed by atoms with Crippen molar-refractivity contribution in [1.82, 2.24) is 0 Å². The van der Waals surface area contributed by atoms with E-state index >= 15 is 0 Å². The molecule has 0 aromatic carbocycles. The summed E-state index contributed by atoms with van der Waals surface area (Å²) in [5.41, 5.74) is 2.54. The molecule has 16 heavy (non-hydrogen) atoms. The number of aryl methyl sites for hydroxylation is 2. The number of hydrogen-bond acceptors (Lipinski definition) is 1. The van der Waals surface area contributed by atoms with Gasteiger partial charge in [0.25, 0.3) is 0 Å². The van der Waals surface area contributed by atoms with Crippen molar-refractivity contribution in [2.24, 2.45) is 0 Å². The highest BCUT2D eigenvalue weighted by Crippen LogP contribution is 2.20. The van der Waals surface area contributed by atoms with Gasteiger partial charge in [-0.3, -0.25) is 0 Å². The molecular weight excluding hydrogens is 196 g/mol. The van der Waals surface area contributed by atoms with Crippen molar-refractivity contribution < 1.29 is 4.42 Å². The van der Waals surface area contributed by atoms with Gasteiger partial charge in [-0.05, 0) is 38.3 Å². The minimum atomic E-state index is 0.959. The van der Waals surface area contributed by atoms with Gasteiger partial charge in [-0.2, -0.15) is 0 Å². The highest BCUT2D eigenvalue weighted by Gasteiger charge is 2.08. The Bertz CT molecular complexity index is 333. The van der Waals surface area contributed by atoms with Gasteiger partial charge in [-0.1, -0.05) is 38.3 Å². The fourth-order valence-corrected chi connectivity index (χ4v) is 2.01. The van der Waals surface area contributed by atoms with Gasteiger partial charge in [0.15, 0.2) is 0 Å². The van der Waals surface area contributed by atoms with Crippen LogP contribution in [0.5, 0.6) is 0 Å². The normalized spacial score (nSPS) is 10.7. The second-order valence-electron chi connectivity index (χ2n) is 4.75. The number of hydrogen-bond donors (Lipinski definition) is 0. The van der Waals surface area contributed by atoms with E-state index in [0.29, 0.717) is 0 Å². The lowest BCUT2D eigenvalue weighted by atomic mass is 10.0. The van der Waals surface area contributed by atoms with Crippen molar-refractivity contribution in [2.75, 3.05) is 0 Å². The molecule has 1 nitrogen and oxygen atoms in total. The molecule has 0 saturated carbocycles. The highest BCUT2D eigenvalue weighted by molar-refractivity contribution is 5.25. The molecule has 0 aliphatic rings. The van der Waals surface area contributed by atoms with E-state index in [4.69, 9.17) is 4.42 Å². The fraction of sp³-hybridized carbons (Fsp3) is 0.600. The van der Waals surface area contributed by atoms with Crippen LogP contribution in [0.25, 0.3) is 0 Å². The van der Waals surface area contributed by atoms with E-state index in [9.17, 15) is 0 Å². The number of unbranched alkanes of at least 4 members (excludes halogenated alkanes) is 3. The van der Waals surface area contributed by atoms with Crippen LogP contribution in [0.1, 0.15) is 56.6 Å². The van der Waals surface area contributed by atoms with Crippen LogP contribution in [-0.2, 0) is 12.8 Å². The molecule has 0 bridgehead atoms. The second kappa shape index (κ2) is 6.57. The zero-order valence-electron chi connectivity index (χ0n) is 10.9. The lowest BCUT2D eigenvalue weighted by Crippen LogP contribution is -1.91. The molecule has 0 aliphatic heterocycles. The van der Waals surface area contributed by atoms with Crippen LogP contribution in [0.3, 0.4) is 0 Å². The molecule has 0 N–H and O–H groups in total. The molecule has 0 saturated heterocycles. The van der Waals surface area contributed by atoms with Gasteiger partial charge in [0.2, 0.25) is 0 Å². The summed E-state index contributed by atoms with van der Waals surface area (Å²) in [5, 5.41) is 0. The Kier molecular flexibility index (Phi) is 5.37. The van der Waals surface area contributed by atoms with Gasteiger partial charge < -0.3 is 4.42 Å². The smallest absolute Gasteiger partial charge is 0.107 e. The summed E-state index contributed by atoms with van der Waals surface area (Å²) >= 11 is 0. The summed E-state index contributed by atoms with van der Waals surface area (Å²) in [6, 6.07) is 2.16. The first-order chi connectivity index (χ1) is 7.63. The van der Waals surface area contributed by atoms with E-state index in [1.54, 1.807) is 0 Å². The second-order valence-corrected chi connectivity index (χ2v) is 4.75. The quantitative estimate of drug-likeness (QED) is 0.474. The average molecular weight is 220 g/mol. The van der Waals surface area contributed by atoms with Crippen LogP contribution in [0.15, 0.2) is 22.6 Å². The van der Waals surface area contributed by atoms with Crippen LogP contribution in [0.4, 0.5) is 0 Å². The van der Waals surface area contributed by atoms with Gasteiger partial charge in [-0.25, -0.2) is 0 Å². The van der Waals surface area contributed by atoms with Crippen molar-refractivity contribution in [3.05, 3.63) is 35.3 Å². The summed E-state index contributed by atoms with van der Waals surface area (Å²) in [4.78, 5) is 0. The van der Waals surface area contributed by atoms with Crippen molar-refractivity contribution in [3.8, 4) is 0 Å². The van der Waals surface area contributed by atoms with Crippen LogP contribution < -0.4 is 0 Å². The molecule has 1 heterocycles. The van der Waals surface area contributed by atoms with E-state index in [0.717, 1.165) is 18.6 Å². The van der Waals surface area contributed by atoms with Crippen LogP contribution >= 0.6 is 0 Å². The Labute approximate surface area is 99.6 Å². The van der Waals surface area contributed by atoms with E-state index < -0.39 is 0 Å². The fourth-order valence-electron chi connectivity index (χ4n) is 2.01. The largest absolute Gasteiger partial charge is 0.466 e. The first kappa shape index (κ1) is 13.1. The van der Waals surface area contributed by atoms with Crippen molar-refractivity contribution in [3.63, 3.8) is 0 Å². The van der Waals surface area contributed by atoms with Crippen LogP contribution in [0.2, 0.25) is 0 Å². The summed E-state index contributed by atoms with van der Waals surface area (Å²) in [5.74, 6) is 2.21. The van der Waals surface area contributed by atoms with Gasteiger partial charge in [0.1, 0.15) is 11.5 Å². The minimum absolute atomic E-state index is 0.959. The predicted octanol–water partition coefficient (Wildman–Crippen LogP) is 4.83. The number of rotatable bonds is 7. The molecular formula is C15H24O. The van der Waals surface area contributed by atoms with E-state index in [-0.39, 0.29) is 0 Å².